The van der Waals surface area contributed by atoms with Crippen LogP contribution in [0.5, 0.6) is 0 Å². The van der Waals surface area contributed by atoms with Crippen molar-refractivity contribution in [3.05, 3.63) is 22.8 Å². The molecule has 1 heterocycles. The van der Waals surface area contributed by atoms with Crippen molar-refractivity contribution in [3.63, 3.8) is 0 Å². The van der Waals surface area contributed by atoms with Crippen LogP contribution in [-0.4, -0.2) is 17.3 Å². The number of carbonyl (C=O) groups is 1. The van der Waals surface area contributed by atoms with Gasteiger partial charge in [0, 0.05) is 6.20 Å². The summed E-state index contributed by atoms with van der Waals surface area (Å²) in [4.78, 5) is 14.8. The van der Waals surface area contributed by atoms with Gasteiger partial charge in [0.05, 0.1) is 17.1 Å². The van der Waals surface area contributed by atoms with Gasteiger partial charge < -0.3 is 11.5 Å². The molecule has 1 aromatic heterocycles. The molecular formula is C7H8ClN3O. The van der Waals surface area contributed by atoms with Crippen molar-refractivity contribution < 1.29 is 4.79 Å². The summed E-state index contributed by atoms with van der Waals surface area (Å²) in [5, 5.41) is 0.376. The lowest BCUT2D eigenvalue weighted by molar-refractivity contribution is 0.100. The summed E-state index contributed by atoms with van der Waals surface area (Å²) >= 11 is 5.61. The van der Waals surface area contributed by atoms with E-state index in [-0.39, 0.29) is 23.7 Å². The number of nitrogens with zero attached hydrogens (tertiary/aromatic N) is 1. The Morgan fingerprint density at radius 3 is 2.92 bits per heavy atom. The zero-order valence-corrected chi connectivity index (χ0v) is 7.01. The Balaban J connectivity index is 3.13. The second-order valence-electron chi connectivity index (χ2n) is 2.21. The third-order valence-electron chi connectivity index (χ3n) is 1.37. The molecule has 0 aromatic carbocycles. The number of aromatic nitrogens is 1. The second kappa shape index (κ2) is 3.51. The van der Waals surface area contributed by atoms with E-state index in [4.69, 9.17) is 23.1 Å². The van der Waals surface area contributed by atoms with Gasteiger partial charge in [-0.1, -0.05) is 11.6 Å². The molecule has 12 heavy (non-hydrogen) atoms. The summed E-state index contributed by atoms with van der Waals surface area (Å²) < 4.78 is 0. The zero-order chi connectivity index (χ0) is 9.14. The third-order valence-corrected chi connectivity index (χ3v) is 1.58. The van der Waals surface area contributed by atoms with Crippen molar-refractivity contribution in [1.29, 1.82) is 0 Å². The molecule has 5 heteroatoms. The van der Waals surface area contributed by atoms with Crippen LogP contribution in [0.25, 0.3) is 0 Å². The van der Waals surface area contributed by atoms with E-state index in [1.165, 1.54) is 12.3 Å². The molecule has 0 aliphatic rings. The van der Waals surface area contributed by atoms with Crippen LogP contribution in [0, 0.1) is 0 Å². The molecule has 0 atom stereocenters. The summed E-state index contributed by atoms with van der Waals surface area (Å²) in [7, 11) is 0. The van der Waals surface area contributed by atoms with Crippen molar-refractivity contribution in [2.24, 2.45) is 5.73 Å². The van der Waals surface area contributed by atoms with Gasteiger partial charge in [0.15, 0.2) is 5.78 Å². The number of hydrogen-bond acceptors (Lipinski definition) is 4. The maximum atomic E-state index is 11.1. The molecule has 0 aliphatic heterocycles. The highest BCUT2D eigenvalue weighted by atomic mass is 35.5. The van der Waals surface area contributed by atoms with Crippen molar-refractivity contribution in [2.75, 3.05) is 12.3 Å². The van der Waals surface area contributed by atoms with E-state index in [1.54, 1.807) is 0 Å². The van der Waals surface area contributed by atoms with Gasteiger partial charge in [-0.15, -0.1) is 0 Å². The molecule has 0 radical (unpaired) electrons. The first-order valence-electron chi connectivity index (χ1n) is 3.29. The monoisotopic (exact) mass is 185 g/mol. The van der Waals surface area contributed by atoms with Crippen molar-refractivity contribution in [1.82, 2.24) is 4.98 Å². The fraction of sp³-hybridized carbons (Fsp3) is 0.143. The standard InChI is InChI=1S/C7H8ClN3O/c8-4-1-5(6(12)2-9)7(10)11-3-4/h1,3H,2,9H2,(H2,10,11). The van der Waals surface area contributed by atoms with E-state index in [2.05, 4.69) is 4.98 Å². The third kappa shape index (κ3) is 1.72. The molecule has 1 rings (SSSR count). The van der Waals surface area contributed by atoms with E-state index in [0.29, 0.717) is 5.02 Å². The van der Waals surface area contributed by atoms with Crippen molar-refractivity contribution in [2.45, 2.75) is 0 Å². The first-order valence-corrected chi connectivity index (χ1v) is 3.67. The van der Waals surface area contributed by atoms with Crippen LogP contribution in [0.15, 0.2) is 12.3 Å². The summed E-state index contributed by atoms with van der Waals surface area (Å²) in [6.45, 7) is -0.0910. The van der Waals surface area contributed by atoms with Gasteiger partial charge in [-0.2, -0.15) is 0 Å². The average molecular weight is 186 g/mol. The number of rotatable bonds is 2. The molecule has 0 spiro atoms. The van der Waals surface area contributed by atoms with Gasteiger partial charge in [-0.3, -0.25) is 4.79 Å². The first kappa shape index (κ1) is 8.96. The summed E-state index contributed by atoms with van der Waals surface area (Å²) in [5.74, 6) is -0.0997. The number of carbonyl (C=O) groups excluding carboxylic acids is 1. The van der Waals surface area contributed by atoms with Crippen LogP contribution in [-0.2, 0) is 0 Å². The van der Waals surface area contributed by atoms with E-state index in [0.717, 1.165) is 0 Å². The number of nitrogens with two attached hydrogens (primary N) is 2. The van der Waals surface area contributed by atoms with Crippen LogP contribution in [0.3, 0.4) is 0 Å². The number of ketones is 1. The van der Waals surface area contributed by atoms with Gasteiger partial charge in [0.2, 0.25) is 0 Å². The Morgan fingerprint density at radius 1 is 1.67 bits per heavy atom. The Kier molecular flexibility index (Phi) is 2.62. The van der Waals surface area contributed by atoms with E-state index in [1.807, 2.05) is 0 Å². The van der Waals surface area contributed by atoms with Crippen LogP contribution < -0.4 is 11.5 Å². The fourth-order valence-electron chi connectivity index (χ4n) is 0.783. The summed E-state index contributed by atoms with van der Waals surface area (Å²) in [5.41, 5.74) is 10.8. The molecule has 0 unspecified atom stereocenters. The Hall–Kier alpha value is -1.13. The molecule has 4 N–H and O–H groups in total. The predicted octanol–water partition coefficient (Wildman–Crippen LogP) is 0.459. The summed E-state index contributed by atoms with van der Waals surface area (Å²) in [6, 6.07) is 1.46. The number of nitrogen functional groups attached to an aromatic ring is 1. The zero-order valence-electron chi connectivity index (χ0n) is 6.25. The van der Waals surface area contributed by atoms with E-state index >= 15 is 0 Å². The van der Waals surface area contributed by atoms with Crippen LogP contribution in [0.1, 0.15) is 10.4 Å². The molecule has 0 bridgehead atoms. The van der Waals surface area contributed by atoms with Crippen LogP contribution in [0.2, 0.25) is 5.02 Å². The van der Waals surface area contributed by atoms with Gasteiger partial charge in [0.25, 0.3) is 0 Å². The number of Topliss-reactive ketones (excluding diaryl/α,β-unsaturated/α-hetero) is 1. The Labute approximate surface area is 74.5 Å². The second-order valence-corrected chi connectivity index (χ2v) is 2.65. The van der Waals surface area contributed by atoms with Crippen molar-refractivity contribution >= 4 is 23.2 Å². The van der Waals surface area contributed by atoms with E-state index < -0.39 is 0 Å². The smallest absolute Gasteiger partial charge is 0.180 e. The fourth-order valence-corrected chi connectivity index (χ4v) is 0.941. The van der Waals surface area contributed by atoms with Gasteiger partial charge in [-0.05, 0) is 6.07 Å². The van der Waals surface area contributed by atoms with Crippen molar-refractivity contribution in [3.8, 4) is 0 Å². The minimum absolute atomic E-state index is 0.0910. The lowest BCUT2D eigenvalue weighted by atomic mass is 10.2. The Bertz CT molecular complexity index is 314. The highest BCUT2D eigenvalue weighted by molar-refractivity contribution is 6.31. The van der Waals surface area contributed by atoms with Crippen LogP contribution in [0.4, 0.5) is 5.82 Å². The number of pyridine rings is 1. The molecule has 0 saturated carbocycles. The summed E-state index contributed by atoms with van der Waals surface area (Å²) in [6.07, 6.45) is 1.38. The molecule has 0 amide bonds. The van der Waals surface area contributed by atoms with E-state index in [9.17, 15) is 4.79 Å². The molecular weight excluding hydrogens is 178 g/mol. The molecule has 4 nitrogen and oxygen atoms in total. The molecule has 64 valence electrons. The predicted molar refractivity (Wildman–Crippen MR) is 47.0 cm³/mol. The lowest BCUT2D eigenvalue weighted by Gasteiger charge is -2.01. The highest BCUT2D eigenvalue weighted by Gasteiger charge is 2.08. The lowest BCUT2D eigenvalue weighted by Crippen LogP contribution is -2.15. The minimum Gasteiger partial charge on any atom is -0.383 e. The minimum atomic E-state index is -0.262. The maximum absolute atomic E-state index is 11.1. The maximum Gasteiger partial charge on any atom is 0.180 e. The Morgan fingerprint density at radius 2 is 2.33 bits per heavy atom. The molecule has 1 aromatic rings. The first-order chi connectivity index (χ1) is 5.65. The van der Waals surface area contributed by atoms with Gasteiger partial charge in [-0.25, -0.2) is 4.98 Å². The topological polar surface area (TPSA) is 82.0 Å². The number of hydrogen-bond donors (Lipinski definition) is 2. The quantitative estimate of drug-likeness (QED) is 0.656. The molecule has 0 saturated heterocycles. The molecule has 0 aliphatic carbocycles. The number of halogens is 1. The highest BCUT2D eigenvalue weighted by Crippen LogP contribution is 2.14. The van der Waals surface area contributed by atoms with Crippen LogP contribution >= 0.6 is 11.6 Å². The van der Waals surface area contributed by atoms with Gasteiger partial charge in [0.1, 0.15) is 5.82 Å². The largest absolute Gasteiger partial charge is 0.383 e. The normalized spacial score (nSPS) is 9.83. The van der Waals surface area contributed by atoms with Gasteiger partial charge >= 0.3 is 0 Å². The molecule has 0 fully saturated rings. The SMILES string of the molecule is NCC(=O)c1cc(Cl)cnc1N. The number of anilines is 1. The average Bonchev–Trinajstić information content (AvgIpc) is 2.08.